The minimum absolute atomic E-state index is 0.0724. The number of rotatable bonds is 5. The largest absolute Gasteiger partial charge is 0.321 e. The number of piperidine rings is 1. The number of aromatic nitrogens is 2. The fourth-order valence-electron chi connectivity index (χ4n) is 4.21. The summed E-state index contributed by atoms with van der Waals surface area (Å²) < 4.78 is 28.5. The number of hydrogen-bond donors (Lipinski definition) is 1. The summed E-state index contributed by atoms with van der Waals surface area (Å²) in [4.78, 5) is 21.9. The van der Waals surface area contributed by atoms with Gasteiger partial charge in [-0.1, -0.05) is 18.6 Å². The van der Waals surface area contributed by atoms with Crippen LogP contribution in [0.2, 0.25) is 0 Å². The van der Waals surface area contributed by atoms with Crippen molar-refractivity contribution < 1.29 is 13.2 Å². The van der Waals surface area contributed by atoms with E-state index in [0.29, 0.717) is 11.5 Å². The molecule has 1 aliphatic rings. The smallest absolute Gasteiger partial charge is 0.267 e. The SMILES string of the molecule is Cc1nccc(-c2cccc(NC(=O)c3sccc3S(=O)(=O)N3[C@@H](C)CCC[C@@H]3C)c2)n1. The van der Waals surface area contributed by atoms with Gasteiger partial charge in [0.1, 0.15) is 15.6 Å². The molecular weight excluding hydrogens is 444 g/mol. The van der Waals surface area contributed by atoms with Crippen molar-refractivity contribution in [1.29, 1.82) is 0 Å². The Morgan fingerprint density at radius 3 is 2.62 bits per heavy atom. The van der Waals surface area contributed by atoms with Crippen molar-refractivity contribution in [3.8, 4) is 11.3 Å². The molecule has 0 bridgehead atoms. The van der Waals surface area contributed by atoms with Gasteiger partial charge in [0.15, 0.2) is 0 Å². The van der Waals surface area contributed by atoms with Gasteiger partial charge < -0.3 is 5.32 Å². The van der Waals surface area contributed by atoms with Crippen LogP contribution in [0.3, 0.4) is 0 Å². The van der Waals surface area contributed by atoms with Crippen LogP contribution in [-0.4, -0.2) is 40.7 Å². The topological polar surface area (TPSA) is 92.3 Å². The number of benzene rings is 1. The van der Waals surface area contributed by atoms with Gasteiger partial charge in [0, 0.05) is 29.5 Å². The van der Waals surface area contributed by atoms with E-state index in [1.54, 1.807) is 28.0 Å². The second kappa shape index (κ2) is 9.09. The fourth-order valence-corrected chi connectivity index (χ4v) is 7.39. The first-order valence-electron chi connectivity index (χ1n) is 10.6. The van der Waals surface area contributed by atoms with E-state index in [9.17, 15) is 13.2 Å². The zero-order chi connectivity index (χ0) is 22.9. The van der Waals surface area contributed by atoms with Crippen LogP contribution >= 0.6 is 11.3 Å². The molecule has 0 spiro atoms. The molecule has 4 rings (SSSR count). The van der Waals surface area contributed by atoms with Crippen molar-refractivity contribution in [3.63, 3.8) is 0 Å². The van der Waals surface area contributed by atoms with Crippen LogP contribution in [-0.2, 0) is 10.0 Å². The van der Waals surface area contributed by atoms with E-state index < -0.39 is 15.9 Å². The number of carbonyl (C=O) groups is 1. The van der Waals surface area contributed by atoms with E-state index in [0.717, 1.165) is 41.9 Å². The van der Waals surface area contributed by atoms with E-state index >= 15 is 0 Å². The molecule has 3 aromatic rings. The lowest BCUT2D eigenvalue weighted by Crippen LogP contribution is -2.47. The van der Waals surface area contributed by atoms with Gasteiger partial charge in [0.25, 0.3) is 5.91 Å². The fraction of sp³-hybridized carbons (Fsp3) is 0.348. The van der Waals surface area contributed by atoms with Gasteiger partial charge >= 0.3 is 0 Å². The Morgan fingerprint density at radius 1 is 1.16 bits per heavy atom. The number of hydrogen-bond acceptors (Lipinski definition) is 6. The van der Waals surface area contributed by atoms with Gasteiger partial charge in [-0.3, -0.25) is 4.79 Å². The standard InChI is InChI=1S/C23H26N4O3S2/c1-15-6-4-7-16(2)27(15)32(29,30)21-11-13-31-22(21)23(28)26-19-9-5-8-18(14-19)20-10-12-24-17(3)25-20/h5,8-16H,4,6-7H2,1-3H3,(H,26,28)/t15-,16-/m0/s1. The van der Waals surface area contributed by atoms with Crippen LogP contribution < -0.4 is 5.32 Å². The van der Waals surface area contributed by atoms with Crippen molar-refractivity contribution in [2.24, 2.45) is 0 Å². The Balaban J connectivity index is 1.60. The predicted molar refractivity (Wildman–Crippen MR) is 126 cm³/mol. The van der Waals surface area contributed by atoms with E-state index in [2.05, 4.69) is 15.3 Å². The first-order chi connectivity index (χ1) is 15.3. The van der Waals surface area contributed by atoms with Crippen LogP contribution in [0.1, 0.15) is 48.6 Å². The Morgan fingerprint density at radius 2 is 1.91 bits per heavy atom. The van der Waals surface area contributed by atoms with Crippen LogP contribution in [0.15, 0.2) is 52.9 Å². The Hall–Kier alpha value is -2.62. The van der Waals surface area contributed by atoms with Crippen molar-refractivity contribution in [2.75, 3.05) is 5.32 Å². The third kappa shape index (κ3) is 4.46. The lowest BCUT2D eigenvalue weighted by molar-refractivity contribution is 0.102. The average molecular weight is 471 g/mol. The number of amides is 1. The van der Waals surface area contributed by atoms with Gasteiger partial charge in [-0.2, -0.15) is 4.31 Å². The summed E-state index contributed by atoms with van der Waals surface area (Å²) in [7, 11) is -3.77. The van der Waals surface area contributed by atoms with Gasteiger partial charge in [0.05, 0.1) is 5.69 Å². The molecule has 168 valence electrons. The normalized spacial score (nSPS) is 19.6. The molecule has 3 heterocycles. The number of nitrogens with zero attached hydrogens (tertiary/aromatic N) is 3. The maximum Gasteiger partial charge on any atom is 0.267 e. The van der Waals surface area contributed by atoms with Crippen LogP contribution in [0.5, 0.6) is 0 Å². The summed E-state index contributed by atoms with van der Waals surface area (Å²) in [5, 5.41) is 4.51. The quantitative estimate of drug-likeness (QED) is 0.583. The zero-order valence-electron chi connectivity index (χ0n) is 18.3. The van der Waals surface area contributed by atoms with Gasteiger partial charge in [-0.05, 0) is 63.3 Å². The minimum atomic E-state index is -3.77. The molecule has 0 radical (unpaired) electrons. The van der Waals surface area contributed by atoms with Gasteiger partial charge in [-0.25, -0.2) is 18.4 Å². The third-order valence-electron chi connectivity index (χ3n) is 5.70. The maximum atomic E-state index is 13.5. The third-order valence-corrected chi connectivity index (χ3v) is 8.91. The predicted octanol–water partition coefficient (Wildman–Crippen LogP) is 4.72. The highest BCUT2D eigenvalue weighted by Crippen LogP contribution is 2.33. The molecule has 1 aliphatic heterocycles. The molecular formula is C23H26N4O3S2. The maximum absolute atomic E-state index is 13.5. The molecule has 2 aromatic heterocycles. The second-order valence-corrected chi connectivity index (χ2v) is 10.8. The van der Waals surface area contributed by atoms with Crippen molar-refractivity contribution in [2.45, 2.75) is 57.0 Å². The Kier molecular flexibility index (Phi) is 6.41. The van der Waals surface area contributed by atoms with Crippen molar-refractivity contribution in [3.05, 3.63) is 58.7 Å². The zero-order valence-corrected chi connectivity index (χ0v) is 19.9. The Bertz CT molecular complexity index is 1230. The molecule has 9 heteroatoms. The van der Waals surface area contributed by atoms with Gasteiger partial charge in [-0.15, -0.1) is 11.3 Å². The summed E-state index contributed by atoms with van der Waals surface area (Å²) in [6.07, 6.45) is 4.34. The Labute approximate surface area is 192 Å². The van der Waals surface area contributed by atoms with E-state index in [4.69, 9.17) is 0 Å². The molecule has 7 nitrogen and oxygen atoms in total. The van der Waals surface area contributed by atoms with E-state index in [-0.39, 0.29) is 21.9 Å². The van der Waals surface area contributed by atoms with E-state index in [1.165, 1.54) is 6.07 Å². The van der Waals surface area contributed by atoms with Crippen LogP contribution in [0.4, 0.5) is 5.69 Å². The summed E-state index contributed by atoms with van der Waals surface area (Å²) in [5.74, 6) is 0.221. The van der Waals surface area contributed by atoms with Gasteiger partial charge in [0.2, 0.25) is 10.0 Å². The highest BCUT2D eigenvalue weighted by atomic mass is 32.2. The number of sulfonamides is 1. The van der Waals surface area contributed by atoms with E-state index in [1.807, 2.05) is 39.0 Å². The number of thiophene rings is 1. The number of carbonyl (C=O) groups excluding carboxylic acids is 1. The monoisotopic (exact) mass is 470 g/mol. The molecule has 1 fully saturated rings. The van der Waals surface area contributed by atoms with Crippen LogP contribution in [0, 0.1) is 6.92 Å². The molecule has 1 N–H and O–H groups in total. The minimum Gasteiger partial charge on any atom is -0.321 e. The van der Waals surface area contributed by atoms with Crippen molar-refractivity contribution >= 4 is 33.0 Å². The molecule has 1 aromatic carbocycles. The second-order valence-electron chi connectivity index (χ2n) is 8.10. The summed E-state index contributed by atoms with van der Waals surface area (Å²) in [6.45, 7) is 5.68. The molecule has 1 saturated heterocycles. The summed E-state index contributed by atoms with van der Waals surface area (Å²) in [6, 6.07) is 10.5. The first-order valence-corrected chi connectivity index (χ1v) is 12.9. The molecule has 1 amide bonds. The number of nitrogens with one attached hydrogen (secondary N) is 1. The molecule has 2 atom stereocenters. The number of aryl methyl sites for hydroxylation is 1. The highest BCUT2D eigenvalue weighted by molar-refractivity contribution is 7.89. The lowest BCUT2D eigenvalue weighted by Gasteiger charge is -2.37. The van der Waals surface area contributed by atoms with Crippen LogP contribution in [0.25, 0.3) is 11.3 Å². The van der Waals surface area contributed by atoms with Crippen molar-refractivity contribution in [1.82, 2.24) is 14.3 Å². The highest BCUT2D eigenvalue weighted by Gasteiger charge is 2.38. The summed E-state index contributed by atoms with van der Waals surface area (Å²) >= 11 is 1.13. The molecule has 32 heavy (non-hydrogen) atoms. The lowest BCUT2D eigenvalue weighted by atomic mass is 10.0. The first kappa shape index (κ1) is 22.6. The number of anilines is 1. The molecule has 0 unspecified atom stereocenters. The summed E-state index contributed by atoms with van der Waals surface area (Å²) in [5.41, 5.74) is 2.16. The molecule has 0 aliphatic carbocycles. The average Bonchev–Trinajstić information content (AvgIpc) is 3.25. The molecule has 0 saturated carbocycles.